The van der Waals surface area contributed by atoms with Gasteiger partial charge in [-0.1, -0.05) is 0 Å². The minimum absolute atomic E-state index is 0.146. The van der Waals surface area contributed by atoms with Crippen LogP contribution in [0.5, 0.6) is 0 Å². The summed E-state index contributed by atoms with van der Waals surface area (Å²) in [7, 11) is 0. The smallest absolute Gasteiger partial charge is 0.265 e. The lowest BCUT2D eigenvalue weighted by Crippen LogP contribution is -2.33. The Kier molecular flexibility index (Phi) is 3.85. The van der Waals surface area contributed by atoms with Gasteiger partial charge in [0.1, 0.15) is 10.7 Å². The lowest BCUT2D eigenvalue weighted by Gasteiger charge is -2.22. The summed E-state index contributed by atoms with van der Waals surface area (Å²) in [6.07, 6.45) is 1.84. The molecule has 120 valence electrons. The molecule has 4 rings (SSSR count). The Labute approximate surface area is 147 Å². The molecule has 2 aliphatic rings. The zero-order valence-electron chi connectivity index (χ0n) is 12.8. The summed E-state index contributed by atoms with van der Waals surface area (Å²) in [4.78, 5) is 26.4. The number of carbonyl (C=O) groups is 1. The van der Waals surface area contributed by atoms with Gasteiger partial charge in [-0.3, -0.25) is 4.79 Å². The van der Waals surface area contributed by atoms with Crippen molar-refractivity contribution >= 4 is 39.0 Å². The van der Waals surface area contributed by atoms with Crippen LogP contribution in [0, 0.1) is 18.8 Å². The maximum absolute atomic E-state index is 12.6. The van der Waals surface area contributed by atoms with Crippen LogP contribution in [-0.4, -0.2) is 47.0 Å². The van der Waals surface area contributed by atoms with Gasteiger partial charge in [0.2, 0.25) is 0 Å². The Morgan fingerprint density at radius 2 is 1.96 bits per heavy atom. The third-order valence-electron chi connectivity index (χ3n) is 4.75. The summed E-state index contributed by atoms with van der Waals surface area (Å²) in [5.74, 6) is 2.25. The fraction of sp³-hybridized carbons (Fsp3) is 0.438. The zero-order chi connectivity index (χ0) is 16.0. The maximum Gasteiger partial charge on any atom is 0.265 e. The van der Waals surface area contributed by atoms with Crippen LogP contribution < -0.4 is 4.90 Å². The lowest BCUT2D eigenvalue weighted by atomic mass is 10.0. The second-order valence-corrected chi connectivity index (χ2v) is 8.01. The van der Waals surface area contributed by atoms with Gasteiger partial charge in [0, 0.05) is 48.7 Å². The number of aryl methyl sites for hydroxylation is 1. The van der Waals surface area contributed by atoms with Crippen LogP contribution in [0.4, 0.5) is 5.82 Å². The van der Waals surface area contributed by atoms with Crippen molar-refractivity contribution in [1.82, 2.24) is 14.9 Å². The van der Waals surface area contributed by atoms with Crippen molar-refractivity contribution in [3.8, 4) is 0 Å². The largest absolute Gasteiger partial charge is 0.356 e. The van der Waals surface area contributed by atoms with E-state index in [2.05, 4.69) is 36.9 Å². The van der Waals surface area contributed by atoms with Crippen LogP contribution in [0.25, 0.3) is 0 Å². The number of hydrogen-bond acceptors (Lipinski definition) is 5. The van der Waals surface area contributed by atoms with E-state index in [4.69, 9.17) is 0 Å². The average molecular weight is 393 g/mol. The van der Waals surface area contributed by atoms with Crippen molar-refractivity contribution in [3.05, 3.63) is 38.9 Å². The second-order valence-electron chi connectivity index (χ2n) is 6.24. The summed E-state index contributed by atoms with van der Waals surface area (Å²) in [5.41, 5.74) is 2.60. The average Bonchev–Trinajstić information content (AvgIpc) is 3.21. The first-order chi connectivity index (χ1) is 11.1. The molecule has 2 saturated heterocycles. The Hall–Kier alpha value is -1.47. The van der Waals surface area contributed by atoms with E-state index in [9.17, 15) is 4.79 Å². The molecular weight excluding hydrogens is 376 g/mol. The molecule has 0 aliphatic carbocycles. The number of pyridine rings is 1. The van der Waals surface area contributed by atoms with Gasteiger partial charge in [0.05, 0.1) is 11.2 Å². The van der Waals surface area contributed by atoms with E-state index in [1.165, 1.54) is 11.3 Å². The van der Waals surface area contributed by atoms with Gasteiger partial charge in [0.15, 0.2) is 0 Å². The molecule has 2 atom stereocenters. The van der Waals surface area contributed by atoms with E-state index >= 15 is 0 Å². The number of carbonyl (C=O) groups excluding carboxylic acids is 1. The lowest BCUT2D eigenvalue weighted by molar-refractivity contribution is 0.0786. The van der Waals surface area contributed by atoms with Crippen molar-refractivity contribution in [3.63, 3.8) is 0 Å². The van der Waals surface area contributed by atoms with Gasteiger partial charge >= 0.3 is 0 Å². The number of amides is 1. The molecule has 2 aromatic heterocycles. The minimum atomic E-state index is 0.146. The van der Waals surface area contributed by atoms with Gasteiger partial charge in [-0.05, 0) is 35.0 Å². The Morgan fingerprint density at radius 1 is 1.22 bits per heavy atom. The number of hydrogen-bond donors (Lipinski definition) is 0. The standard InChI is InChI=1S/C16H17BrN4OS/c1-10-15(23-9-19-10)16(22)21-7-11-5-20(6-12(11)8-21)14-3-2-13(17)4-18-14/h2-4,9,11-12H,5-8H2,1H3. The molecule has 2 aliphatic heterocycles. The first-order valence-electron chi connectivity index (χ1n) is 7.67. The van der Waals surface area contributed by atoms with E-state index in [1.807, 2.05) is 24.1 Å². The van der Waals surface area contributed by atoms with E-state index < -0.39 is 0 Å². The normalized spacial score (nSPS) is 23.4. The predicted molar refractivity (Wildman–Crippen MR) is 93.9 cm³/mol. The fourth-order valence-electron chi connectivity index (χ4n) is 3.55. The van der Waals surface area contributed by atoms with Crippen molar-refractivity contribution in [2.45, 2.75) is 6.92 Å². The summed E-state index contributed by atoms with van der Waals surface area (Å²) in [6.45, 7) is 5.54. The number of nitrogens with zero attached hydrogens (tertiary/aromatic N) is 4. The van der Waals surface area contributed by atoms with E-state index in [-0.39, 0.29) is 5.91 Å². The van der Waals surface area contributed by atoms with Gasteiger partial charge in [0.25, 0.3) is 5.91 Å². The molecule has 4 heterocycles. The highest BCUT2D eigenvalue weighted by Gasteiger charge is 2.42. The van der Waals surface area contributed by atoms with Crippen LogP contribution in [-0.2, 0) is 0 Å². The number of aromatic nitrogens is 2. The minimum Gasteiger partial charge on any atom is -0.356 e. The van der Waals surface area contributed by atoms with Crippen molar-refractivity contribution in [1.29, 1.82) is 0 Å². The second kappa shape index (κ2) is 5.87. The molecule has 7 heteroatoms. The third kappa shape index (κ3) is 2.76. The number of rotatable bonds is 2. The molecule has 0 N–H and O–H groups in total. The number of anilines is 1. The predicted octanol–water partition coefficient (Wildman–Crippen LogP) is 2.82. The van der Waals surface area contributed by atoms with Crippen LogP contribution in [0.1, 0.15) is 15.4 Å². The van der Waals surface area contributed by atoms with Crippen LogP contribution in [0.2, 0.25) is 0 Å². The van der Waals surface area contributed by atoms with Gasteiger partial charge in [-0.15, -0.1) is 11.3 Å². The summed E-state index contributed by atoms with van der Waals surface area (Å²) in [6, 6.07) is 4.08. The Morgan fingerprint density at radius 3 is 2.52 bits per heavy atom. The summed E-state index contributed by atoms with van der Waals surface area (Å²) < 4.78 is 0.998. The number of halogens is 1. The van der Waals surface area contributed by atoms with Crippen molar-refractivity contribution < 1.29 is 4.79 Å². The van der Waals surface area contributed by atoms with E-state index in [0.717, 1.165) is 47.0 Å². The number of fused-ring (bicyclic) bond motifs is 1. The van der Waals surface area contributed by atoms with Crippen LogP contribution in [0.15, 0.2) is 28.3 Å². The number of likely N-dealkylation sites (tertiary alicyclic amines) is 1. The summed E-state index contributed by atoms with van der Waals surface area (Å²) >= 11 is 4.87. The highest BCUT2D eigenvalue weighted by Crippen LogP contribution is 2.34. The molecule has 0 aromatic carbocycles. The zero-order valence-corrected chi connectivity index (χ0v) is 15.2. The monoisotopic (exact) mass is 392 g/mol. The first-order valence-corrected chi connectivity index (χ1v) is 9.35. The first kappa shape index (κ1) is 15.1. The van der Waals surface area contributed by atoms with E-state index in [0.29, 0.717) is 11.8 Å². The highest BCUT2D eigenvalue weighted by atomic mass is 79.9. The van der Waals surface area contributed by atoms with Gasteiger partial charge < -0.3 is 9.80 Å². The van der Waals surface area contributed by atoms with E-state index in [1.54, 1.807) is 5.51 Å². The Bertz CT molecular complexity index is 718. The molecule has 2 aromatic rings. The van der Waals surface area contributed by atoms with Crippen molar-refractivity contribution in [2.75, 3.05) is 31.1 Å². The van der Waals surface area contributed by atoms with Gasteiger partial charge in [-0.2, -0.15) is 0 Å². The topological polar surface area (TPSA) is 49.3 Å². The maximum atomic E-state index is 12.6. The number of thiazole rings is 1. The molecule has 5 nitrogen and oxygen atoms in total. The third-order valence-corrected chi connectivity index (χ3v) is 6.13. The van der Waals surface area contributed by atoms with Crippen LogP contribution in [0.3, 0.4) is 0 Å². The molecule has 2 unspecified atom stereocenters. The van der Waals surface area contributed by atoms with Crippen molar-refractivity contribution in [2.24, 2.45) is 11.8 Å². The molecule has 2 fully saturated rings. The molecular formula is C16H17BrN4OS. The SMILES string of the molecule is Cc1ncsc1C(=O)N1CC2CN(c3ccc(Br)cn3)CC2C1. The molecule has 0 bridgehead atoms. The van der Waals surface area contributed by atoms with Crippen LogP contribution >= 0.6 is 27.3 Å². The molecule has 0 saturated carbocycles. The van der Waals surface area contributed by atoms with Gasteiger partial charge in [-0.25, -0.2) is 9.97 Å². The molecule has 1 amide bonds. The quantitative estimate of drug-likeness (QED) is 0.788. The summed E-state index contributed by atoms with van der Waals surface area (Å²) in [5, 5.41) is 0. The molecule has 23 heavy (non-hydrogen) atoms. The molecule has 0 radical (unpaired) electrons. The Balaban J connectivity index is 1.43. The highest BCUT2D eigenvalue weighted by molar-refractivity contribution is 9.10. The molecule has 0 spiro atoms. The fourth-order valence-corrected chi connectivity index (χ4v) is 4.56.